The van der Waals surface area contributed by atoms with Gasteiger partial charge in [0, 0.05) is 18.5 Å². The molecule has 0 aliphatic carbocycles. The Hall–Kier alpha value is -2.14. The largest absolute Gasteiger partial charge is 0.464 e. The summed E-state index contributed by atoms with van der Waals surface area (Å²) in [4.78, 5) is 16.9. The molecule has 128 valence electrons. The van der Waals surface area contributed by atoms with Crippen molar-refractivity contribution < 1.29 is 14.6 Å². The number of carbonyl (C=O) groups excluding carboxylic acids is 1. The molecule has 0 radical (unpaired) electrons. The normalized spacial score (nSPS) is 18.1. The third kappa shape index (κ3) is 3.08. The summed E-state index contributed by atoms with van der Waals surface area (Å²) in [6.45, 7) is 6.94. The molecule has 0 spiro atoms. The van der Waals surface area contributed by atoms with Crippen molar-refractivity contribution in [3.8, 4) is 11.3 Å². The molecule has 1 aliphatic heterocycles. The molecule has 2 heterocycles. The van der Waals surface area contributed by atoms with E-state index in [-0.39, 0.29) is 6.61 Å². The van der Waals surface area contributed by atoms with Gasteiger partial charge in [-0.2, -0.15) is 0 Å². The highest BCUT2D eigenvalue weighted by atomic mass is 16.5. The molecule has 0 saturated heterocycles. The predicted octanol–water partition coefficient (Wildman–Crippen LogP) is 3.04. The van der Waals surface area contributed by atoms with Crippen LogP contribution in [0.5, 0.6) is 0 Å². The molecule has 1 aliphatic rings. The Morgan fingerprint density at radius 3 is 2.79 bits per heavy atom. The van der Waals surface area contributed by atoms with E-state index in [0.717, 1.165) is 36.3 Å². The number of aromatic nitrogens is 2. The van der Waals surface area contributed by atoms with Crippen molar-refractivity contribution in [1.29, 1.82) is 0 Å². The highest BCUT2D eigenvalue weighted by Gasteiger charge is 2.31. The lowest BCUT2D eigenvalue weighted by Gasteiger charge is -2.23. The van der Waals surface area contributed by atoms with E-state index >= 15 is 0 Å². The smallest absolute Gasteiger partial charge is 0.341 e. The lowest BCUT2D eigenvalue weighted by atomic mass is 10.0. The van der Waals surface area contributed by atoms with Crippen LogP contribution in [0.1, 0.15) is 43.5 Å². The maximum Gasteiger partial charge on any atom is 0.341 e. The SMILES string of the molecule is CCOC(=O)[C@H](O)c1c(-c2ccc(C)cc2)nc2n1C[C@@H](C)CC2. The van der Waals surface area contributed by atoms with Crippen LogP contribution >= 0.6 is 0 Å². The van der Waals surface area contributed by atoms with Gasteiger partial charge in [0.05, 0.1) is 18.0 Å². The minimum atomic E-state index is -1.31. The van der Waals surface area contributed by atoms with Crippen molar-refractivity contribution in [3.63, 3.8) is 0 Å². The Morgan fingerprint density at radius 2 is 2.12 bits per heavy atom. The minimum absolute atomic E-state index is 0.243. The summed E-state index contributed by atoms with van der Waals surface area (Å²) in [6, 6.07) is 7.98. The molecule has 2 atom stereocenters. The molecule has 1 N–H and O–H groups in total. The van der Waals surface area contributed by atoms with Crippen LogP contribution in [0, 0.1) is 12.8 Å². The molecule has 1 aromatic heterocycles. The average Bonchev–Trinajstić information content (AvgIpc) is 2.93. The molecule has 0 bridgehead atoms. The van der Waals surface area contributed by atoms with Gasteiger partial charge in [0.25, 0.3) is 0 Å². The van der Waals surface area contributed by atoms with E-state index < -0.39 is 12.1 Å². The summed E-state index contributed by atoms with van der Waals surface area (Å²) in [7, 11) is 0. The Kier molecular flexibility index (Phi) is 4.71. The number of imidazole rings is 1. The fourth-order valence-corrected chi connectivity index (χ4v) is 3.22. The van der Waals surface area contributed by atoms with E-state index in [0.29, 0.717) is 17.3 Å². The van der Waals surface area contributed by atoms with Crippen LogP contribution < -0.4 is 0 Å². The van der Waals surface area contributed by atoms with Crippen LogP contribution in [0.2, 0.25) is 0 Å². The molecule has 5 heteroatoms. The molecule has 2 aromatic rings. The first-order valence-electron chi connectivity index (χ1n) is 8.52. The first kappa shape index (κ1) is 16.7. The number of fused-ring (bicyclic) bond motifs is 1. The second-order valence-electron chi connectivity index (χ2n) is 6.54. The van der Waals surface area contributed by atoms with Crippen LogP contribution in [0.4, 0.5) is 0 Å². The first-order chi connectivity index (χ1) is 11.5. The number of hydrogen-bond donors (Lipinski definition) is 1. The lowest BCUT2D eigenvalue weighted by molar-refractivity contribution is -0.153. The molecule has 1 aromatic carbocycles. The zero-order chi connectivity index (χ0) is 17.3. The van der Waals surface area contributed by atoms with Gasteiger partial charge in [0.1, 0.15) is 5.82 Å². The number of rotatable bonds is 4. The Labute approximate surface area is 142 Å². The quantitative estimate of drug-likeness (QED) is 0.876. The maximum absolute atomic E-state index is 12.1. The van der Waals surface area contributed by atoms with E-state index in [2.05, 4.69) is 6.92 Å². The lowest BCUT2D eigenvalue weighted by Crippen LogP contribution is -2.24. The molecule has 5 nitrogen and oxygen atoms in total. The fraction of sp³-hybridized carbons (Fsp3) is 0.474. The van der Waals surface area contributed by atoms with Gasteiger partial charge in [-0.05, 0) is 26.2 Å². The van der Waals surface area contributed by atoms with Crippen molar-refractivity contribution in [1.82, 2.24) is 9.55 Å². The van der Waals surface area contributed by atoms with Crippen LogP contribution in [0.15, 0.2) is 24.3 Å². The number of ether oxygens (including phenoxy) is 1. The van der Waals surface area contributed by atoms with Gasteiger partial charge in [-0.3, -0.25) is 0 Å². The highest BCUT2D eigenvalue weighted by Crippen LogP contribution is 2.33. The molecule has 24 heavy (non-hydrogen) atoms. The van der Waals surface area contributed by atoms with Gasteiger partial charge in [-0.25, -0.2) is 9.78 Å². The molecule has 0 saturated carbocycles. The van der Waals surface area contributed by atoms with Crippen LogP contribution in [0.25, 0.3) is 11.3 Å². The standard InChI is InChI=1S/C19H24N2O3/c1-4-24-19(23)18(22)17-16(14-8-5-12(2)6-9-14)20-15-10-7-13(3)11-21(15)17/h5-6,8-9,13,18,22H,4,7,10-11H2,1-3H3/t13-,18+/m0/s1. The summed E-state index contributed by atoms with van der Waals surface area (Å²) in [5.41, 5.74) is 3.30. The van der Waals surface area contributed by atoms with Crippen molar-refractivity contribution in [2.24, 2.45) is 5.92 Å². The van der Waals surface area contributed by atoms with Gasteiger partial charge in [0.15, 0.2) is 6.10 Å². The molecule has 0 amide bonds. The van der Waals surface area contributed by atoms with E-state index in [9.17, 15) is 9.90 Å². The van der Waals surface area contributed by atoms with E-state index in [1.54, 1.807) is 6.92 Å². The fourth-order valence-electron chi connectivity index (χ4n) is 3.22. The number of carbonyl (C=O) groups is 1. The Morgan fingerprint density at radius 1 is 1.42 bits per heavy atom. The molecular formula is C19H24N2O3. The number of aliphatic hydroxyl groups is 1. The predicted molar refractivity (Wildman–Crippen MR) is 91.5 cm³/mol. The Bertz CT molecular complexity index is 734. The zero-order valence-corrected chi connectivity index (χ0v) is 14.5. The summed E-state index contributed by atoms with van der Waals surface area (Å²) in [6.07, 6.45) is 0.613. The number of nitrogens with zero attached hydrogens (tertiary/aromatic N) is 2. The first-order valence-corrected chi connectivity index (χ1v) is 8.52. The van der Waals surface area contributed by atoms with E-state index in [1.165, 1.54) is 0 Å². The second-order valence-corrected chi connectivity index (χ2v) is 6.54. The van der Waals surface area contributed by atoms with Crippen LogP contribution in [-0.4, -0.2) is 27.2 Å². The summed E-state index contributed by atoms with van der Waals surface area (Å²) < 4.78 is 7.03. The van der Waals surface area contributed by atoms with Crippen molar-refractivity contribution in [2.45, 2.75) is 46.3 Å². The zero-order valence-electron chi connectivity index (χ0n) is 14.5. The van der Waals surface area contributed by atoms with Gasteiger partial charge < -0.3 is 14.4 Å². The summed E-state index contributed by atoms with van der Waals surface area (Å²) in [5.74, 6) is 0.805. The molecule has 3 rings (SSSR count). The van der Waals surface area contributed by atoms with Crippen LogP contribution in [-0.2, 0) is 22.5 Å². The topological polar surface area (TPSA) is 64.3 Å². The van der Waals surface area contributed by atoms with E-state index in [1.807, 2.05) is 35.8 Å². The number of hydrogen-bond acceptors (Lipinski definition) is 4. The maximum atomic E-state index is 12.1. The van der Waals surface area contributed by atoms with Crippen LogP contribution in [0.3, 0.4) is 0 Å². The monoisotopic (exact) mass is 328 g/mol. The van der Waals surface area contributed by atoms with Gasteiger partial charge >= 0.3 is 5.97 Å². The minimum Gasteiger partial charge on any atom is -0.464 e. The number of esters is 1. The van der Waals surface area contributed by atoms with Crippen molar-refractivity contribution >= 4 is 5.97 Å². The molecule has 0 fully saturated rings. The molecular weight excluding hydrogens is 304 g/mol. The Balaban J connectivity index is 2.11. The van der Waals surface area contributed by atoms with Crippen molar-refractivity contribution in [2.75, 3.05) is 6.61 Å². The van der Waals surface area contributed by atoms with E-state index in [4.69, 9.17) is 9.72 Å². The highest BCUT2D eigenvalue weighted by molar-refractivity contribution is 5.79. The number of aliphatic hydroxyl groups excluding tert-OH is 1. The van der Waals surface area contributed by atoms with Gasteiger partial charge in [-0.1, -0.05) is 36.8 Å². The molecule has 0 unspecified atom stereocenters. The number of aryl methyl sites for hydroxylation is 2. The third-order valence-corrected chi connectivity index (χ3v) is 4.53. The third-order valence-electron chi connectivity index (χ3n) is 4.53. The average molecular weight is 328 g/mol. The number of benzene rings is 1. The van der Waals surface area contributed by atoms with Gasteiger partial charge in [-0.15, -0.1) is 0 Å². The van der Waals surface area contributed by atoms with Gasteiger partial charge in [0.2, 0.25) is 0 Å². The second kappa shape index (κ2) is 6.77. The summed E-state index contributed by atoms with van der Waals surface area (Å²) in [5, 5.41) is 10.6. The van der Waals surface area contributed by atoms with Crippen molar-refractivity contribution in [3.05, 3.63) is 41.3 Å². The summed E-state index contributed by atoms with van der Waals surface area (Å²) >= 11 is 0.